The largest absolute Gasteiger partial charge is 0.314 e. The standard InChI is InChI=1S/C12H15N3O/c1-14(16)8-12-7-13-15(10-12)9-11-5-3-2-4-6-11/h2-7,10,16H,8-9H2,1H3. The van der Waals surface area contributed by atoms with Gasteiger partial charge < -0.3 is 5.21 Å². The van der Waals surface area contributed by atoms with Crippen molar-refractivity contribution >= 4 is 0 Å². The molecule has 0 aliphatic carbocycles. The molecule has 2 rings (SSSR count). The minimum Gasteiger partial charge on any atom is -0.314 e. The lowest BCUT2D eigenvalue weighted by Crippen LogP contribution is -2.11. The molecule has 0 aliphatic heterocycles. The average molecular weight is 217 g/mol. The molecule has 1 N–H and O–H groups in total. The van der Waals surface area contributed by atoms with E-state index in [1.807, 2.05) is 29.1 Å². The Morgan fingerprint density at radius 1 is 1.25 bits per heavy atom. The molecule has 4 nitrogen and oxygen atoms in total. The lowest BCUT2D eigenvalue weighted by molar-refractivity contribution is -0.0731. The third-order valence-corrected chi connectivity index (χ3v) is 2.29. The summed E-state index contributed by atoms with van der Waals surface area (Å²) in [6.07, 6.45) is 3.72. The molecule has 0 aliphatic rings. The third kappa shape index (κ3) is 2.92. The molecule has 0 spiro atoms. The highest BCUT2D eigenvalue weighted by molar-refractivity contribution is 5.15. The predicted molar refractivity (Wildman–Crippen MR) is 61.0 cm³/mol. The maximum Gasteiger partial charge on any atom is 0.0659 e. The Labute approximate surface area is 94.7 Å². The second kappa shape index (κ2) is 4.92. The maximum absolute atomic E-state index is 9.10. The van der Waals surface area contributed by atoms with E-state index in [1.165, 1.54) is 5.56 Å². The summed E-state index contributed by atoms with van der Waals surface area (Å²) in [5.74, 6) is 0. The smallest absolute Gasteiger partial charge is 0.0659 e. The lowest BCUT2D eigenvalue weighted by atomic mass is 10.2. The zero-order chi connectivity index (χ0) is 11.4. The van der Waals surface area contributed by atoms with Crippen LogP contribution >= 0.6 is 0 Å². The van der Waals surface area contributed by atoms with Gasteiger partial charge in [0, 0.05) is 18.8 Å². The Balaban J connectivity index is 2.03. The highest BCUT2D eigenvalue weighted by atomic mass is 16.5. The summed E-state index contributed by atoms with van der Waals surface area (Å²) in [7, 11) is 1.62. The van der Waals surface area contributed by atoms with Gasteiger partial charge >= 0.3 is 0 Å². The van der Waals surface area contributed by atoms with E-state index in [-0.39, 0.29) is 0 Å². The van der Waals surface area contributed by atoms with Crippen molar-refractivity contribution in [2.45, 2.75) is 13.1 Å². The van der Waals surface area contributed by atoms with Gasteiger partial charge in [-0.25, -0.2) is 0 Å². The molecule has 0 saturated heterocycles. The van der Waals surface area contributed by atoms with Gasteiger partial charge in [-0.3, -0.25) is 4.68 Å². The summed E-state index contributed by atoms with van der Waals surface area (Å²) in [6.45, 7) is 1.25. The van der Waals surface area contributed by atoms with Crippen LogP contribution in [0.3, 0.4) is 0 Å². The zero-order valence-corrected chi connectivity index (χ0v) is 9.24. The van der Waals surface area contributed by atoms with E-state index < -0.39 is 0 Å². The molecule has 0 unspecified atom stereocenters. The normalized spacial score (nSPS) is 10.9. The minimum atomic E-state index is 0.495. The number of hydrogen-bond acceptors (Lipinski definition) is 3. The Hall–Kier alpha value is -1.65. The molecule has 0 radical (unpaired) electrons. The number of rotatable bonds is 4. The van der Waals surface area contributed by atoms with Gasteiger partial charge in [-0.15, -0.1) is 0 Å². The number of benzene rings is 1. The van der Waals surface area contributed by atoms with Crippen molar-refractivity contribution in [2.75, 3.05) is 7.05 Å². The first-order valence-electron chi connectivity index (χ1n) is 5.19. The van der Waals surface area contributed by atoms with Gasteiger partial charge in [0.05, 0.1) is 19.3 Å². The summed E-state index contributed by atoms with van der Waals surface area (Å²) >= 11 is 0. The first kappa shape index (κ1) is 10.9. The van der Waals surface area contributed by atoms with E-state index in [0.29, 0.717) is 6.54 Å². The highest BCUT2D eigenvalue weighted by Crippen LogP contribution is 2.04. The molecule has 0 amide bonds. The van der Waals surface area contributed by atoms with E-state index in [2.05, 4.69) is 17.2 Å². The van der Waals surface area contributed by atoms with E-state index in [1.54, 1.807) is 13.2 Å². The van der Waals surface area contributed by atoms with Crippen LogP contribution in [0.5, 0.6) is 0 Å². The monoisotopic (exact) mass is 217 g/mol. The first-order valence-corrected chi connectivity index (χ1v) is 5.19. The molecular formula is C12H15N3O. The summed E-state index contributed by atoms with van der Waals surface area (Å²) in [5.41, 5.74) is 2.22. The van der Waals surface area contributed by atoms with Crippen LogP contribution in [0.4, 0.5) is 0 Å². The predicted octanol–water partition coefficient (Wildman–Crippen LogP) is 1.75. The van der Waals surface area contributed by atoms with E-state index in [4.69, 9.17) is 5.21 Å². The van der Waals surface area contributed by atoms with E-state index >= 15 is 0 Å². The third-order valence-electron chi connectivity index (χ3n) is 2.29. The molecule has 84 valence electrons. The van der Waals surface area contributed by atoms with Crippen LogP contribution in [0.25, 0.3) is 0 Å². The zero-order valence-electron chi connectivity index (χ0n) is 9.24. The summed E-state index contributed by atoms with van der Waals surface area (Å²) < 4.78 is 1.87. The Morgan fingerprint density at radius 3 is 2.69 bits per heavy atom. The topological polar surface area (TPSA) is 41.3 Å². The van der Waals surface area contributed by atoms with Crippen LogP contribution in [-0.2, 0) is 13.1 Å². The van der Waals surface area contributed by atoms with E-state index in [0.717, 1.165) is 17.2 Å². The van der Waals surface area contributed by atoms with Gasteiger partial charge in [0.2, 0.25) is 0 Å². The van der Waals surface area contributed by atoms with Crippen molar-refractivity contribution < 1.29 is 5.21 Å². The fourth-order valence-electron chi connectivity index (χ4n) is 1.61. The van der Waals surface area contributed by atoms with Crippen LogP contribution in [0.15, 0.2) is 42.7 Å². The van der Waals surface area contributed by atoms with Gasteiger partial charge in [0.15, 0.2) is 0 Å². The van der Waals surface area contributed by atoms with Crippen molar-refractivity contribution in [3.05, 3.63) is 53.9 Å². The van der Waals surface area contributed by atoms with Crippen LogP contribution in [0, 0.1) is 0 Å². The van der Waals surface area contributed by atoms with Gasteiger partial charge in [0.25, 0.3) is 0 Å². The molecule has 0 bridgehead atoms. The summed E-state index contributed by atoms with van der Waals surface area (Å²) in [5, 5.41) is 14.5. The van der Waals surface area contributed by atoms with Gasteiger partial charge in [-0.05, 0) is 5.56 Å². The Bertz CT molecular complexity index is 437. The van der Waals surface area contributed by atoms with Crippen molar-refractivity contribution in [1.82, 2.24) is 14.8 Å². The van der Waals surface area contributed by atoms with Crippen LogP contribution in [-0.4, -0.2) is 27.1 Å². The maximum atomic E-state index is 9.10. The van der Waals surface area contributed by atoms with Crippen LogP contribution in [0.1, 0.15) is 11.1 Å². The lowest BCUT2D eigenvalue weighted by Gasteiger charge is -2.04. The van der Waals surface area contributed by atoms with Gasteiger partial charge in [-0.1, -0.05) is 30.3 Å². The summed E-state index contributed by atoms with van der Waals surface area (Å²) in [4.78, 5) is 0. The molecule has 1 heterocycles. The molecule has 0 atom stereocenters. The second-order valence-corrected chi connectivity index (χ2v) is 3.85. The Kier molecular flexibility index (Phi) is 3.34. The van der Waals surface area contributed by atoms with Crippen molar-refractivity contribution in [3.8, 4) is 0 Å². The SMILES string of the molecule is CN(O)Cc1cnn(Cc2ccccc2)c1. The molecular weight excluding hydrogens is 202 g/mol. The number of aromatic nitrogens is 2. The number of hydrogen-bond donors (Lipinski definition) is 1. The minimum absolute atomic E-state index is 0.495. The number of hydroxylamine groups is 2. The Morgan fingerprint density at radius 2 is 2.00 bits per heavy atom. The van der Waals surface area contributed by atoms with Gasteiger partial charge in [-0.2, -0.15) is 10.2 Å². The van der Waals surface area contributed by atoms with Gasteiger partial charge in [0.1, 0.15) is 0 Å². The van der Waals surface area contributed by atoms with Crippen molar-refractivity contribution in [2.24, 2.45) is 0 Å². The molecule has 4 heteroatoms. The highest BCUT2D eigenvalue weighted by Gasteiger charge is 2.01. The summed E-state index contributed by atoms with van der Waals surface area (Å²) in [6, 6.07) is 10.2. The molecule has 0 fully saturated rings. The fraction of sp³-hybridized carbons (Fsp3) is 0.250. The van der Waals surface area contributed by atoms with E-state index in [9.17, 15) is 0 Å². The first-order chi connectivity index (χ1) is 7.74. The second-order valence-electron chi connectivity index (χ2n) is 3.85. The number of nitrogens with zero attached hydrogens (tertiary/aromatic N) is 3. The van der Waals surface area contributed by atoms with Crippen LogP contribution < -0.4 is 0 Å². The molecule has 16 heavy (non-hydrogen) atoms. The quantitative estimate of drug-likeness (QED) is 0.793. The average Bonchev–Trinajstić information content (AvgIpc) is 2.66. The van der Waals surface area contributed by atoms with Crippen molar-refractivity contribution in [3.63, 3.8) is 0 Å². The van der Waals surface area contributed by atoms with Crippen molar-refractivity contribution in [1.29, 1.82) is 0 Å². The fourth-order valence-corrected chi connectivity index (χ4v) is 1.61. The molecule has 2 aromatic rings. The van der Waals surface area contributed by atoms with Crippen LogP contribution in [0.2, 0.25) is 0 Å². The molecule has 1 aromatic carbocycles. The molecule has 0 saturated carbocycles. The molecule has 1 aromatic heterocycles.